The summed E-state index contributed by atoms with van der Waals surface area (Å²) in [6, 6.07) is 6.35. The van der Waals surface area contributed by atoms with E-state index in [1.165, 1.54) is 7.05 Å². The molecule has 1 rings (SSSR count). The first-order valence-corrected chi connectivity index (χ1v) is 8.57. The third kappa shape index (κ3) is 6.32. The lowest BCUT2D eigenvalue weighted by Crippen LogP contribution is -2.48. The number of benzene rings is 1. The Morgan fingerprint density at radius 1 is 1.35 bits per heavy atom. The summed E-state index contributed by atoms with van der Waals surface area (Å²) < 4.78 is 0. The molecule has 1 aromatic rings. The number of nitrogens with zero attached hydrogens (tertiary/aromatic N) is 1. The lowest BCUT2D eigenvalue weighted by atomic mass is 10.1. The number of amides is 2. The summed E-state index contributed by atoms with van der Waals surface area (Å²) in [6.07, 6.45) is 2.35. The number of carboxylic acid groups (broad SMARTS) is 1. The average Bonchev–Trinajstić information content (AvgIpc) is 2.49. The fourth-order valence-electron chi connectivity index (χ4n) is 2.07. The number of rotatable bonds is 8. The molecule has 2 N–H and O–H groups in total. The van der Waals surface area contributed by atoms with Gasteiger partial charge in [-0.15, -0.1) is 0 Å². The van der Waals surface area contributed by atoms with Gasteiger partial charge in [-0.05, 0) is 37.5 Å². The summed E-state index contributed by atoms with van der Waals surface area (Å²) in [4.78, 5) is 36.5. The molecule has 0 aliphatic carbocycles. The zero-order valence-electron chi connectivity index (χ0n) is 13.5. The summed E-state index contributed by atoms with van der Waals surface area (Å²) in [5.74, 6) is -1.14. The van der Waals surface area contributed by atoms with E-state index in [4.69, 9.17) is 5.11 Å². The molecular weight excluding hydrogens is 316 g/mol. The van der Waals surface area contributed by atoms with Gasteiger partial charge in [0, 0.05) is 12.6 Å². The first-order valence-electron chi connectivity index (χ1n) is 7.18. The first-order chi connectivity index (χ1) is 10.8. The molecule has 0 aliphatic rings. The summed E-state index contributed by atoms with van der Waals surface area (Å²) >= 11 is 1.56. The molecule has 2 amide bonds. The fourth-order valence-corrected chi connectivity index (χ4v) is 2.54. The molecule has 1 atom stereocenters. The number of likely N-dealkylation sites (N-methyl/N-ethyl adjacent to an activating group) is 1. The number of carbonyl (C=O) groups is 3. The van der Waals surface area contributed by atoms with E-state index in [2.05, 4.69) is 5.32 Å². The third-order valence-electron chi connectivity index (χ3n) is 3.24. The highest BCUT2D eigenvalue weighted by Gasteiger charge is 2.25. The predicted molar refractivity (Wildman–Crippen MR) is 90.7 cm³/mol. The van der Waals surface area contributed by atoms with Crippen LogP contribution in [0.25, 0.3) is 0 Å². The number of hydrogen-bond acceptors (Lipinski definition) is 4. The number of carboxylic acids is 1. The van der Waals surface area contributed by atoms with Crippen molar-refractivity contribution in [2.24, 2.45) is 0 Å². The molecule has 0 saturated carbocycles. The molecule has 0 spiro atoms. The highest BCUT2D eigenvalue weighted by Crippen LogP contribution is 2.08. The van der Waals surface area contributed by atoms with Gasteiger partial charge in [0.1, 0.15) is 12.6 Å². The minimum atomic E-state index is -1.09. The van der Waals surface area contributed by atoms with Crippen molar-refractivity contribution in [3.05, 3.63) is 35.4 Å². The molecule has 0 saturated heterocycles. The zero-order chi connectivity index (χ0) is 17.4. The molecule has 1 aromatic carbocycles. The van der Waals surface area contributed by atoms with Crippen LogP contribution in [0.2, 0.25) is 0 Å². The number of carbonyl (C=O) groups excluding carboxylic acids is 2. The molecule has 1 unspecified atom stereocenters. The molecule has 0 aliphatic heterocycles. The molecule has 6 nitrogen and oxygen atoms in total. The van der Waals surface area contributed by atoms with Gasteiger partial charge in [-0.2, -0.15) is 11.8 Å². The van der Waals surface area contributed by atoms with Crippen molar-refractivity contribution < 1.29 is 19.5 Å². The topological polar surface area (TPSA) is 86.7 Å². The quantitative estimate of drug-likeness (QED) is 0.748. The van der Waals surface area contributed by atoms with Crippen molar-refractivity contribution in [1.29, 1.82) is 0 Å². The highest BCUT2D eigenvalue weighted by molar-refractivity contribution is 7.98. The van der Waals surface area contributed by atoms with Gasteiger partial charge in [-0.25, -0.2) is 0 Å². The molecule has 126 valence electrons. The lowest BCUT2D eigenvalue weighted by Gasteiger charge is -2.23. The lowest BCUT2D eigenvalue weighted by molar-refractivity contribution is -0.144. The molecule has 0 bridgehead atoms. The Morgan fingerprint density at radius 2 is 2.04 bits per heavy atom. The number of hydrogen-bond donors (Lipinski definition) is 2. The van der Waals surface area contributed by atoms with Crippen LogP contribution in [0.4, 0.5) is 0 Å². The van der Waals surface area contributed by atoms with E-state index in [1.807, 2.05) is 19.2 Å². The van der Waals surface area contributed by atoms with Gasteiger partial charge < -0.3 is 15.3 Å². The van der Waals surface area contributed by atoms with Gasteiger partial charge >= 0.3 is 5.97 Å². The van der Waals surface area contributed by atoms with E-state index in [1.54, 1.807) is 30.0 Å². The number of nitrogens with one attached hydrogen (secondary N) is 1. The van der Waals surface area contributed by atoms with Crippen molar-refractivity contribution in [1.82, 2.24) is 10.2 Å². The first kappa shape index (κ1) is 19.0. The van der Waals surface area contributed by atoms with Crippen molar-refractivity contribution in [2.75, 3.05) is 25.6 Å². The second kappa shape index (κ2) is 9.19. The van der Waals surface area contributed by atoms with Crippen LogP contribution in [-0.2, 0) is 9.59 Å². The van der Waals surface area contributed by atoms with E-state index in [-0.39, 0.29) is 5.91 Å². The van der Waals surface area contributed by atoms with Crippen LogP contribution < -0.4 is 5.32 Å². The monoisotopic (exact) mass is 338 g/mol. The number of aryl methyl sites for hydroxylation is 1. The van der Waals surface area contributed by atoms with Gasteiger partial charge in [0.25, 0.3) is 5.91 Å². The van der Waals surface area contributed by atoms with Crippen molar-refractivity contribution in [2.45, 2.75) is 19.4 Å². The SMILES string of the molecule is CSCCC(NC(=O)c1cccc(C)c1)C(=O)N(C)CC(=O)O. The number of aliphatic carboxylic acids is 1. The fraction of sp³-hybridized carbons (Fsp3) is 0.438. The molecule has 0 radical (unpaired) electrons. The van der Waals surface area contributed by atoms with E-state index >= 15 is 0 Å². The maximum absolute atomic E-state index is 12.4. The van der Waals surface area contributed by atoms with Gasteiger partial charge in [0.2, 0.25) is 5.91 Å². The maximum atomic E-state index is 12.4. The average molecular weight is 338 g/mol. The van der Waals surface area contributed by atoms with E-state index in [0.717, 1.165) is 10.5 Å². The van der Waals surface area contributed by atoms with Crippen molar-refractivity contribution in [3.8, 4) is 0 Å². The summed E-state index contributed by atoms with van der Waals surface area (Å²) in [5.41, 5.74) is 1.43. The van der Waals surface area contributed by atoms with E-state index < -0.39 is 24.5 Å². The zero-order valence-corrected chi connectivity index (χ0v) is 14.4. The Labute approximate surface area is 140 Å². The van der Waals surface area contributed by atoms with Crippen LogP contribution >= 0.6 is 11.8 Å². The van der Waals surface area contributed by atoms with E-state index in [9.17, 15) is 14.4 Å². The van der Waals surface area contributed by atoms with Crippen LogP contribution in [0.15, 0.2) is 24.3 Å². The Bertz CT molecular complexity index is 577. The summed E-state index contributed by atoms with van der Waals surface area (Å²) in [6.45, 7) is 1.49. The van der Waals surface area contributed by atoms with Crippen LogP contribution in [0.1, 0.15) is 22.3 Å². The Kier molecular flexibility index (Phi) is 7.61. The molecule has 0 heterocycles. The smallest absolute Gasteiger partial charge is 0.323 e. The molecule has 0 aromatic heterocycles. The molecule has 23 heavy (non-hydrogen) atoms. The van der Waals surface area contributed by atoms with Gasteiger partial charge in [0.15, 0.2) is 0 Å². The van der Waals surface area contributed by atoms with Gasteiger partial charge in [-0.1, -0.05) is 17.7 Å². The Balaban J connectivity index is 2.83. The third-order valence-corrected chi connectivity index (χ3v) is 3.89. The van der Waals surface area contributed by atoms with Crippen molar-refractivity contribution >= 4 is 29.5 Å². The summed E-state index contributed by atoms with van der Waals surface area (Å²) in [7, 11) is 1.42. The Morgan fingerprint density at radius 3 is 2.61 bits per heavy atom. The molecular formula is C16H22N2O4S. The highest BCUT2D eigenvalue weighted by atomic mass is 32.2. The van der Waals surface area contributed by atoms with Crippen molar-refractivity contribution in [3.63, 3.8) is 0 Å². The molecule has 0 fully saturated rings. The second-order valence-electron chi connectivity index (χ2n) is 5.27. The Hall–Kier alpha value is -2.02. The largest absolute Gasteiger partial charge is 0.480 e. The summed E-state index contributed by atoms with van der Waals surface area (Å²) in [5, 5.41) is 11.5. The minimum Gasteiger partial charge on any atom is -0.480 e. The van der Waals surface area contributed by atoms with Crippen LogP contribution in [-0.4, -0.2) is 59.4 Å². The maximum Gasteiger partial charge on any atom is 0.323 e. The standard InChI is InChI=1S/C16H22N2O4S/c1-11-5-4-6-12(9-11)15(21)17-13(7-8-23-3)16(22)18(2)10-14(19)20/h4-6,9,13H,7-8,10H2,1-3H3,(H,17,21)(H,19,20). The van der Waals surface area contributed by atoms with Gasteiger partial charge in [0.05, 0.1) is 0 Å². The van der Waals surface area contributed by atoms with Crippen LogP contribution in [0.3, 0.4) is 0 Å². The predicted octanol–water partition coefficient (Wildman–Crippen LogP) is 1.39. The molecule has 7 heteroatoms. The van der Waals surface area contributed by atoms with Crippen LogP contribution in [0, 0.1) is 6.92 Å². The van der Waals surface area contributed by atoms with Crippen LogP contribution in [0.5, 0.6) is 0 Å². The normalized spacial score (nSPS) is 11.6. The second-order valence-corrected chi connectivity index (χ2v) is 6.25. The number of thioether (sulfide) groups is 1. The van der Waals surface area contributed by atoms with E-state index in [0.29, 0.717) is 17.7 Å². The van der Waals surface area contributed by atoms with Gasteiger partial charge in [-0.3, -0.25) is 14.4 Å². The minimum absolute atomic E-state index is 0.336.